The standard InChI is InChI=1S/C14H22N2O3S/c1-12-11-13(20(15,17)18)5-6-14(12)19-10-9-16-7-3-2-4-8-16/h5-6,11H,2-4,7-10H2,1H3,(H2,15,17,18). The zero-order valence-corrected chi connectivity index (χ0v) is 12.7. The molecule has 1 fully saturated rings. The summed E-state index contributed by atoms with van der Waals surface area (Å²) in [6.45, 7) is 5.65. The highest BCUT2D eigenvalue weighted by Crippen LogP contribution is 2.21. The van der Waals surface area contributed by atoms with Crippen molar-refractivity contribution < 1.29 is 13.2 Å². The molecule has 0 aromatic heterocycles. The quantitative estimate of drug-likeness (QED) is 0.894. The number of nitrogens with zero attached hydrogens (tertiary/aromatic N) is 1. The van der Waals surface area contributed by atoms with E-state index in [0.717, 1.165) is 30.9 Å². The fraction of sp³-hybridized carbons (Fsp3) is 0.571. The minimum Gasteiger partial charge on any atom is -0.492 e. The SMILES string of the molecule is Cc1cc(S(N)(=O)=O)ccc1OCCN1CCCCC1. The zero-order chi connectivity index (χ0) is 14.6. The van der Waals surface area contributed by atoms with Gasteiger partial charge in [-0.15, -0.1) is 0 Å². The van der Waals surface area contributed by atoms with Gasteiger partial charge in [0.05, 0.1) is 4.90 Å². The lowest BCUT2D eigenvalue weighted by Crippen LogP contribution is -2.33. The molecule has 112 valence electrons. The summed E-state index contributed by atoms with van der Waals surface area (Å²) in [6.07, 6.45) is 3.86. The Kier molecular flexibility index (Phi) is 5.01. The predicted octanol–water partition coefficient (Wildman–Crippen LogP) is 1.51. The van der Waals surface area contributed by atoms with Gasteiger partial charge < -0.3 is 4.74 Å². The number of hydrogen-bond acceptors (Lipinski definition) is 4. The molecule has 1 aliphatic heterocycles. The summed E-state index contributed by atoms with van der Waals surface area (Å²) >= 11 is 0. The Morgan fingerprint density at radius 1 is 1.25 bits per heavy atom. The number of nitrogens with two attached hydrogens (primary N) is 1. The van der Waals surface area contributed by atoms with E-state index < -0.39 is 10.0 Å². The van der Waals surface area contributed by atoms with Crippen LogP contribution in [-0.4, -0.2) is 39.6 Å². The second-order valence-corrected chi connectivity index (χ2v) is 6.78. The Bertz CT molecular complexity index is 552. The molecule has 0 atom stereocenters. The second-order valence-electron chi connectivity index (χ2n) is 5.22. The Labute approximate surface area is 120 Å². The smallest absolute Gasteiger partial charge is 0.238 e. The molecule has 20 heavy (non-hydrogen) atoms. The van der Waals surface area contributed by atoms with Gasteiger partial charge in [-0.1, -0.05) is 6.42 Å². The normalized spacial score (nSPS) is 17.1. The monoisotopic (exact) mass is 298 g/mol. The third-order valence-corrected chi connectivity index (χ3v) is 4.50. The molecule has 1 aliphatic rings. The number of ether oxygens (including phenoxy) is 1. The first-order chi connectivity index (χ1) is 9.47. The molecule has 5 nitrogen and oxygen atoms in total. The van der Waals surface area contributed by atoms with Crippen molar-refractivity contribution in [2.24, 2.45) is 5.14 Å². The number of aryl methyl sites for hydroxylation is 1. The van der Waals surface area contributed by atoms with Gasteiger partial charge in [-0.05, 0) is 56.6 Å². The van der Waals surface area contributed by atoms with E-state index in [9.17, 15) is 8.42 Å². The molecule has 6 heteroatoms. The van der Waals surface area contributed by atoms with Crippen molar-refractivity contribution in [2.45, 2.75) is 31.1 Å². The number of primary sulfonamides is 1. The molecule has 0 spiro atoms. The molecule has 1 aromatic carbocycles. The zero-order valence-electron chi connectivity index (χ0n) is 11.8. The Balaban J connectivity index is 1.90. The minimum absolute atomic E-state index is 0.124. The van der Waals surface area contributed by atoms with Crippen LogP contribution >= 0.6 is 0 Å². The van der Waals surface area contributed by atoms with Gasteiger partial charge in [0, 0.05) is 6.54 Å². The third-order valence-electron chi connectivity index (χ3n) is 3.59. The van der Waals surface area contributed by atoms with Crippen molar-refractivity contribution in [3.05, 3.63) is 23.8 Å². The summed E-state index contributed by atoms with van der Waals surface area (Å²) in [7, 11) is -3.64. The first-order valence-corrected chi connectivity index (χ1v) is 8.50. The lowest BCUT2D eigenvalue weighted by molar-refractivity contribution is 0.183. The number of hydrogen-bond donors (Lipinski definition) is 1. The van der Waals surface area contributed by atoms with Crippen molar-refractivity contribution in [1.29, 1.82) is 0 Å². The van der Waals surface area contributed by atoms with Gasteiger partial charge in [0.15, 0.2) is 0 Å². The number of rotatable bonds is 5. The highest BCUT2D eigenvalue weighted by Gasteiger charge is 2.12. The van der Waals surface area contributed by atoms with E-state index in [1.807, 2.05) is 6.92 Å². The van der Waals surface area contributed by atoms with Crippen molar-refractivity contribution in [2.75, 3.05) is 26.2 Å². The largest absolute Gasteiger partial charge is 0.492 e. The van der Waals surface area contributed by atoms with E-state index >= 15 is 0 Å². The van der Waals surface area contributed by atoms with E-state index in [-0.39, 0.29) is 4.90 Å². The van der Waals surface area contributed by atoms with Crippen LogP contribution in [0.1, 0.15) is 24.8 Å². The van der Waals surface area contributed by atoms with E-state index in [0.29, 0.717) is 6.61 Å². The summed E-state index contributed by atoms with van der Waals surface area (Å²) in [6, 6.07) is 4.70. The minimum atomic E-state index is -3.64. The second kappa shape index (κ2) is 6.56. The van der Waals surface area contributed by atoms with Crippen LogP contribution in [0.5, 0.6) is 5.75 Å². The van der Waals surface area contributed by atoms with Crippen LogP contribution in [0.25, 0.3) is 0 Å². The first kappa shape index (κ1) is 15.3. The van der Waals surface area contributed by atoms with E-state index in [1.165, 1.54) is 25.3 Å². The molecule has 1 heterocycles. The van der Waals surface area contributed by atoms with Crippen molar-refractivity contribution in [3.63, 3.8) is 0 Å². The van der Waals surface area contributed by atoms with E-state index in [1.54, 1.807) is 12.1 Å². The molecule has 0 saturated carbocycles. The lowest BCUT2D eigenvalue weighted by Gasteiger charge is -2.26. The van der Waals surface area contributed by atoms with E-state index in [4.69, 9.17) is 9.88 Å². The first-order valence-electron chi connectivity index (χ1n) is 6.95. The van der Waals surface area contributed by atoms with Crippen LogP contribution in [0, 0.1) is 6.92 Å². The molecular formula is C14H22N2O3S. The molecule has 0 radical (unpaired) electrons. The van der Waals surface area contributed by atoms with Crippen molar-refractivity contribution in [3.8, 4) is 5.75 Å². The van der Waals surface area contributed by atoms with Gasteiger partial charge >= 0.3 is 0 Å². The van der Waals surface area contributed by atoms with Crippen molar-refractivity contribution in [1.82, 2.24) is 4.90 Å². The van der Waals surface area contributed by atoms with Crippen molar-refractivity contribution >= 4 is 10.0 Å². The summed E-state index contributed by atoms with van der Waals surface area (Å²) in [5.74, 6) is 0.717. The molecule has 2 rings (SSSR count). The van der Waals surface area contributed by atoms with Crippen LogP contribution < -0.4 is 9.88 Å². The summed E-state index contributed by atoms with van der Waals surface area (Å²) in [4.78, 5) is 2.52. The van der Waals surface area contributed by atoms with Gasteiger partial charge in [-0.2, -0.15) is 0 Å². The Hall–Kier alpha value is -1.11. The molecule has 0 amide bonds. The van der Waals surface area contributed by atoms with Crippen LogP contribution in [0.4, 0.5) is 0 Å². The van der Waals surface area contributed by atoms with Gasteiger partial charge in [-0.25, -0.2) is 13.6 Å². The molecule has 1 saturated heterocycles. The molecule has 1 aromatic rings. The predicted molar refractivity (Wildman–Crippen MR) is 78.3 cm³/mol. The number of piperidine rings is 1. The number of benzene rings is 1. The summed E-state index contributed by atoms with van der Waals surface area (Å²) in [5, 5.41) is 5.10. The Morgan fingerprint density at radius 2 is 1.95 bits per heavy atom. The van der Waals surface area contributed by atoms with Crippen LogP contribution in [-0.2, 0) is 10.0 Å². The van der Waals surface area contributed by atoms with Crippen LogP contribution in [0.2, 0.25) is 0 Å². The molecule has 0 unspecified atom stereocenters. The van der Waals surface area contributed by atoms with Gasteiger partial charge in [0.1, 0.15) is 12.4 Å². The number of sulfonamides is 1. The molecule has 0 bridgehead atoms. The fourth-order valence-corrected chi connectivity index (χ4v) is 3.03. The number of likely N-dealkylation sites (tertiary alicyclic amines) is 1. The van der Waals surface area contributed by atoms with E-state index in [2.05, 4.69) is 4.90 Å². The highest BCUT2D eigenvalue weighted by molar-refractivity contribution is 7.89. The van der Waals surface area contributed by atoms with Crippen LogP contribution in [0.3, 0.4) is 0 Å². The van der Waals surface area contributed by atoms with Gasteiger partial charge in [0.2, 0.25) is 10.0 Å². The average molecular weight is 298 g/mol. The Morgan fingerprint density at radius 3 is 2.55 bits per heavy atom. The maximum atomic E-state index is 11.2. The maximum Gasteiger partial charge on any atom is 0.238 e. The average Bonchev–Trinajstić information content (AvgIpc) is 2.40. The maximum absolute atomic E-state index is 11.2. The van der Waals surface area contributed by atoms with Gasteiger partial charge in [0.25, 0.3) is 0 Å². The summed E-state index contributed by atoms with van der Waals surface area (Å²) in [5.41, 5.74) is 0.787. The highest BCUT2D eigenvalue weighted by atomic mass is 32.2. The fourth-order valence-electron chi connectivity index (χ4n) is 2.43. The van der Waals surface area contributed by atoms with Gasteiger partial charge in [-0.3, -0.25) is 4.90 Å². The summed E-state index contributed by atoms with van der Waals surface area (Å²) < 4.78 is 28.2. The molecule has 0 aliphatic carbocycles. The lowest BCUT2D eigenvalue weighted by atomic mass is 10.1. The third kappa shape index (κ3) is 4.19. The van der Waals surface area contributed by atoms with Crippen LogP contribution in [0.15, 0.2) is 23.1 Å². The molecular weight excluding hydrogens is 276 g/mol. The topological polar surface area (TPSA) is 72.6 Å². The molecule has 2 N–H and O–H groups in total.